The van der Waals surface area contributed by atoms with E-state index in [-0.39, 0.29) is 11.5 Å². The van der Waals surface area contributed by atoms with Crippen LogP contribution >= 0.6 is 23.1 Å². The number of hydrogen-bond donors (Lipinski definition) is 1. The first-order valence-electron chi connectivity index (χ1n) is 8.75. The van der Waals surface area contributed by atoms with Gasteiger partial charge in [0.05, 0.1) is 11.4 Å². The third-order valence-corrected chi connectivity index (χ3v) is 5.98. The Labute approximate surface area is 155 Å². The minimum atomic E-state index is -0.0657. The average molecular weight is 381 g/mol. The largest absolute Gasteiger partial charge is 0.355 e. The average Bonchev–Trinajstić information content (AvgIpc) is 3.09. The van der Waals surface area contributed by atoms with Crippen LogP contribution in [-0.4, -0.2) is 52.1 Å². The fourth-order valence-corrected chi connectivity index (χ4v) is 4.46. The molecule has 1 N–H and O–H groups in total. The number of amides is 1. The van der Waals surface area contributed by atoms with E-state index in [0.717, 1.165) is 25.2 Å². The highest BCUT2D eigenvalue weighted by Gasteiger charge is 2.09. The van der Waals surface area contributed by atoms with Crippen molar-refractivity contribution in [1.29, 1.82) is 0 Å². The summed E-state index contributed by atoms with van der Waals surface area (Å²) in [6.07, 6.45) is 6.69. The number of nitrogens with zero attached hydrogens (tertiary/aromatic N) is 3. The Kier molecular flexibility index (Phi) is 6.89. The number of likely N-dealkylation sites (tertiary alicyclic amines) is 1. The van der Waals surface area contributed by atoms with E-state index in [9.17, 15) is 9.59 Å². The Balaban J connectivity index is 1.32. The van der Waals surface area contributed by atoms with E-state index in [1.807, 2.05) is 5.38 Å². The standard InChI is InChI=1S/C17H24N4O2S2/c22-15(18-5-4-8-20-6-2-1-3-7-20)13-24-12-14-11-16(23)21-9-10-25-17(21)19-14/h9-11H,1-8,12-13H2,(H,18,22). The smallest absolute Gasteiger partial charge is 0.258 e. The number of fused-ring (bicyclic) bond motifs is 1. The van der Waals surface area contributed by atoms with Gasteiger partial charge in [0.25, 0.3) is 5.56 Å². The summed E-state index contributed by atoms with van der Waals surface area (Å²) in [6.45, 7) is 4.20. The minimum absolute atomic E-state index is 0.0533. The molecule has 0 aromatic carbocycles. The quantitative estimate of drug-likeness (QED) is 0.710. The number of nitrogens with one attached hydrogen (secondary N) is 1. The zero-order chi connectivity index (χ0) is 17.5. The van der Waals surface area contributed by atoms with Gasteiger partial charge in [-0.15, -0.1) is 23.1 Å². The molecule has 0 radical (unpaired) electrons. The molecule has 3 heterocycles. The molecule has 136 valence electrons. The van der Waals surface area contributed by atoms with E-state index in [2.05, 4.69) is 15.2 Å². The van der Waals surface area contributed by atoms with E-state index >= 15 is 0 Å². The summed E-state index contributed by atoms with van der Waals surface area (Å²) in [5, 5.41) is 4.82. The zero-order valence-electron chi connectivity index (χ0n) is 14.3. The fourth-order valence-electron chi connectivity index (χ4n) is 2.97. The molecule has 0 atom stereocenters. The lowest BCUT2D eigenvalue weighted by molar-refractivity contribution is -0.118. The number of thioether (sulfide) groups is 1. The van der Waals surface area contributed by atoms with Gasteiger partial charge in [-0.2, -0.15) is 0 Å². The lowest BCUT2D eigenvalue weighted by Gasteiger charge is -2.26. The first-order valence-corrected chi connectivity index (χ1v) is 10.8. The molecule has 6 nitrogen and oxygen atoms in total. The van der Waals surface area contributed by atoms with Crippen molar-refractivity contribution in [2.45, 2.75) is 31.4 Å². The number of carbonyl (C=O) groups is 1. The molecule has 0 spiro atoms. The van der Waals surface area contributed by atoms with Gasteiger partial charge in [0, 0.05) is 29.9 Å². The van der Waals surface area contributed by atoms with Crippen molar-refractivity contribution in [3.8, 4) is 0 Å². The number of rotatable bonds is 8. The molecule has 1 aliphatic heterocycles. The number of piperidine rings is 1. The van der Waals surface area contributed by atoms with Gasteiger partial charge in [-0.3, -0.25) is 14.0 Å². The Morgan fingerprint density at radius 2 is 2.16 bits per heavy atom. The third kappa shape index (κ3) is 5.55. The topological polar surface area (TPSA) is 66.7 Å². The SMILES string of the molecule is O=C(CSCc1cc(=O)n2ccsc2n1)NCCCN1CCCCC1. The maximum atomic E-state index is 11.9. The first-order chi connectivity index (χ1) is 12.2. The van der Waals surface area contributed by atoms with Crippen molar-refractivity contribution < 1.29 is 4.79 Å². The number of hydrogen-bond acceptors (Lipinski definition) is 6. The molecule has 2 aromatic heterocycles. The molecule has 1 amide bonds. The predicted molar refractivity (Wildman–Crippen MR) is 103 cm³/mol. The van der Waals surface area contributed by atoms with Crippen molar-refractivity contribution in [2.24, 2.45) is 0 Å². The molecule has 2 aromatic rings. The molecule has 0 aliphatic carbocycles. The van der Waals surface area contributed by atoms with Crippen LogP contribution in [0, 0.1) is 0 Å². The molecule has 1 fully saturated rings. The van der Waals surface area contributed by atoms with Gasteiger partial charge in [-0.25, -0.2) is 4.98 Å². The van der Waals surface area contributed by atoms with Gasteiger partial charge in [-0.1, -0.05) is 6.42 Å². The van der Waals surface area contributed by atoms with Crippen LogP contribution in [0.25, 0.3) is 4.96 Å². The Morgan fingerprint density at radius 1 is 1.32 bits per heavy atom. The summed E-state index contributed by atoms with van der Waals surface area (Å²) in [6, 6.07) is 1.54. The minimum Gasteiger partial charge on any atom is -0.355 e. The van der Waals surface area contributed by atoms with Crippen LogP contribution in [0.15, 0.2) is 22.4 Å². The molecule has 0 unspecified atom stereocenters. The molecule has 0 bridgehead atoms. The summed E-state index contributed by atoms with van der Waals surface area (Å²) in [5.41, 5.74) is 0.666. The molecule has 25 heavy (non-hydrogen) atoms. The Bertz CT molecular complexity index is 752. The summed E-state index contributed by atoms with van der Waals surface area (Å²) in [4.78, 5) is 31.4. The highest BCUT2D eigenvalue weighted by atomic mass is 32.2. The number of aromatic nitrogens is 2. The fraction of sp³-hybridized carbons (Fsp3) is 0.588. The second kappa shape index (κ2) is 9.35. The third-order valence-electron chi connectivity index (χ3n) is 4.26. The summed E-state index contributed by atoms with van der Waals surface area (Å²) in [5.74, 6) is 1.03. The van der Waals surface area contributed by atoms with Crippen LogP contribution in [0.4, 0.5) is 0 Å². The molecule has 0 saturated carbocycles. The van der Waals surface area contributed by atoms with Crippen molar-refractivity contribution in [3.63, 3.8) is 0 Å². The van der Waals surface area contributed by atoms with E-state index in [1.54, 1.807) is 12.3 Å². The second-order valence-electron chi connectivity index (χ2n) is 6.24. The van der Waals surface area contributed by atoms with Gasteiger partial charge in [-0.05, 0) is 38.9 Å². The molecular formula is C17H24N4O2S2. The van der Waals surface area contributed by atoms with Crippen molar-refractivity contribution in [2.75, 3.05) is 31.9 Å². The van der Waals surface area contributed by atoms with Gasteiger partial charge in [0.1, 0.15) is 0 Å². The van der Waals surface area contributed by atoms with E-state index in [0.29, 0.717) is 16.5 Å². The van der Waals surface area contributed by atoms with Crippen molar-refractivity contribution in [1.82, 2.24) is 19.6 Å². The number of carbonyl (C=O) groups excluding carboxylic acids is 1. The highest BCUT2D eigenvalue weighted by molar-refractivity contribution is 7.99. The summed E-state index contributed by atoms with van der Waals surface area (Å²) < 4.78 is 1.54. The monoisotopic (exact) mass is 380 g/mol. The van der Waals surface area contributed by atoms with Crippen LogP contribution < -0.4 is 10.9 Å². The Morgan fingerprint density at radius 3 is 3.00 bits per heavy atom. The van der Waals surface area contributed by atoms with E-state index < -0.39 is 0 Å². The van der Waals surface area contributed by atoms with Gasteiger partial charge in [0.2, 0.25) is 5.91 Å². The lowest BCUT2D eigenvalue weighted by atomic mass is 10.1. The van der Waals surface area contributed by atoms with Gasteiger partial charge < -0.3 is 10.2 Å². The zero-order valence-corrected chi connectivity index (χ0v) is 15.9. The molecule has 8 heteroatoms. The maximum absolute atomic E-state index is 11.9. The second-order valence-corrected chi connectivity index (χ2v) is 8.10. The first kappa shape index (κ1) is 18.4. The van der Waals surface area contributed by atoms with Crippen molar-refractivity contribution >= 4 is 34.0 Å². The van der Waals surface area contributed by atoms with Crippen LogP contribution in [-0.2, 0) is 10.5 Å². The van der Waals surface area contributed by atoms with Gasteiger partial charge in [0.15, 0.2) is 4.96 Å². The molecule has 1 saturated heterocycles. The van der Waals surface area contributed by atoms with E-state index in [4.69, 9.17) is 0 Å². The maximum Gasteiger partial charge on any atom is 0.258 e. The Hall–Kier alpha value is -1.38. The molecule has 1 aliphatic rings. The van der Waals surface area contributed by atoms with Crippen LogP contribution in [0.5, 0.6) is 0 Å². The normalized spacial score (nSPS) is 15.5. The molecular weight excluding hydrogens is 356 g/mol. The summed E-state index contributed by atoms with van der Waals surface area (Å²) in [7, 11) is 0. The highest BCUT2D eigenvalue weighted by Crippen LogP contribution is 2.12. The predicted octanol–water partition coefficient (Wildman–Crippen LogP) is 1.98. The van der Waals surface area contributed by atoms with Crippen LogP contribution in [0.2, 0.25) is 0 Å². The summed E-state index contributed by atoms with van der Waals surface area (Å²) >= 11 is 2.93. The van der Waals surface area contributed by atoms with Crippen molar-refractivity contribution in [3.05, 3.63) is 33.7 Å². The lowest BCUT2D eigenvalue weighted by Crippen LogP contribution is -2.33. The van der Waals surface area contributed by atoms with E-state index in [1.165, 1.54) is 59.9 Å². The van der Waals surface area contributed by atoms with Gasteiger partial charge >= 0.3 is 0 Å². The van der Waals surface area contributed by atoms with Crippen LogP contribution in [0.3, 0.4) is 0 Å². The molecule has 3 rings (SSSR count). The number of thiazole rings is 1. The van der Waals surface area contributed by atoms with Crippen LogP contribution in [0.1, 0.15) is 31.4 Å².